The molecule has 8 heteroatoms. The first-order valence-corrected chi connectivity index (χ1v) is 8.08. The monoisotopic (exact) mass is 368 g/mol. The molecule has 0 saturated heterocycles. The van der Waals surface area contributed by atoms with Crippen molar-refractivity contribution in [2.75, 3.05) is 14.1 Å². The van der Waals surface area contributed by atoms with E-state index in [-0.39, 0.29) is 11.1 Å². The smallest absolute Gasteiger partial charge is 0.478 e. The molecule has 136 valence electrons. The molecule has 0 aliphatic carbocycles. The first kappa shape index (κ1) is 16.8. The number of nitrogens with zero attached hydrogens (tertiary/aromatic N) is 2. The van der Waals surface area contributed by atoms with Gasteiger partial charge < -0.3 is 19.7 Å². The Kier molecular flexibility index (Phi) is 3.52. The van der Waals surface area contributed by atoms with Crippen molar-refractivity contribution in [1.82, 2.24) is 0 Å². The molecule has 2 aromatic rings. The lowest BCUT2D eigenvalue weighted by Crippen LogP contribution is -2.62. The molecule has 0 saturated carbocycles. The van der Waals surface area contributed by atoms with Gasteiger partial charge in [-0.15, -0.1) is 0 Å². The van der Waals surface area contributed by atoms with Crippen molar-refractivity contribution in [2.45, 2.75) is 6.03 Å². The van der Waals surface area contributed by atoms with E-state index in [1.54, 1.807) is 47.8 Å². The minimum atomic E-state index is -1.31. The van der Waals surface area contributed by atoms with E-state index < -0.39 is 18.0 Å². The molecular formula is C19H16N2O6+2. The van der Waals surface area contributed by atoms with Gasteiger partial charge >= 0.3 is 18.0 Å². The lowest BCUT2D eigenvalue weighted by molar-refractivity contribution is -0.892. The number of ether oxygens (including phenoxy) is 2. The molecule has 0 unspecified atom stereocenters. The molecule has 0 fully saturated rings. The minimum absolute atomic E-state index is 0.161. The van der Waals surface area contributed by atoms with Gasteiger partial charge in [0.05, 0.1) is 22.3 Å². The van der Waals surface area contributed by atoms with Crippen molar-refractivity contribution in [2.24, 2.45) is 0 Å². The van der Waals surface area contributed by atoms with E-state index in [1.807, 2.05) is 0 Å². The summed E-state index contributed by atoms with van der Waals surface area (Å²) in [7, 11) is 3.49. The number of fused-ring (bicyclic) bond motifs is 2. The zero-order chi connectivity index (χ0) is 19.3. The molecular weight excluding hydrogens is 352 g/mol. The summed E-state index contributed by atoms with van der Waals surface area (Å²) in [4.78, 5) is 22.4. The van der Waals surface area contributed by atoms with Gasteiger partial charge in [0.1, 0.15) is 14.1 Å². The molecule has 1 spiro atoms. The molecule has 2 heterocycles. The fourth-order valence-electron chi connectivity index (χ4n) is 3.18. The number of hydrogen-bond donors (Lipinski definition) is 2. The Hall–Kier alpha value is -3.68. The molecule has 2 aromatic carbocycles. The van der Waals surface area contributed by atoms with E-state index in [0.717, 1.165) is 0 Å². The molecule has 0 atom stereocenters. The molecule has 0 amide bonds. The van der Waals surface area contributed by atoms with Crippen molar-refractivity contribution in [3.8, 4) is 11.5 Å². The summed E-state index contributed by atoms with van der Waals surface area (Å²) in [5.41, 5.74) is 1.56. The van der Waals surface area contributed by atoms with Crippen LogP contribution < -0.4 is 9.47 Å². The molecule has 0 radical (unpaired) electrons. The predicted molar refractivity (Wildman–Crippen MR) is 93.5 cm³/mol. The second-order valence-corrected chi connectivity index (χ2v) is 6.35. The second kappa shape index (κ2) is 5.66. The summed E-state index contributed by atoms with van der Waals surface area (Å²) in [6, 6.07) is 7.85. The topological polar surface area (TPSA) is 99.1 Å². The van der Waals surface area contributed by atoms with E-state index in [2.05, 4.69) is 0 Å². The first-order valence-electron chi connectivity index (χ1n) is 8.08. The Morgan fingerprint density at radius 3 is 1.59 bits per heavy atom. The summed E-state index contributed by atoms with van der Waals surface area (Å²) in [5.74, 6) is -1.08. The standard InChI is InChI=1S/C19H14N2O6/c1-20-9-13-7-11(17(22)23)3-5-15(13)26-19(20)21(2)10-14-8-12(18(24)25)4-6-16(14)27-19/h3-10H,1-2H3/p+2. The fraction of sp³-hybridized carbons (Fsp3) is 0.158. The van der Waals surface area contributed by atoms with Gasteiger partial charge in [-0.05, 0) is 36.4 Å². The van der Waals surface area contributed by atoms with Gasteiger partial charge in [-0.3, -0.25) is 0 Å². The summed E-state index contributed by atoms with van der Waals surface area (Å²) in [5, 5.41) is 18.3. The van der Waals surface area contributed by atoms with Crippen molar-refractivity contribution < 1.29 is 38.4 Å². The first-order chi connectivity index (χ1) is 12.8. The van der Waals surface area contributed by atoms with Crippen molar-refractivity contribution >= 4 is 24.4 Å². The number of carboxylic acid groups (broad SMARTS) is 2. The number of hydrogen-bond acceptors (Lipinski definition) is 4. The van der Waals surface area contributed by atoms with E-state index >= 15 is 0 Å². The second-order valence-electron chi connectivity index (χ2n) is 6.35. The van der Waals surface area contributed by atoms with Crippen LogP contribution in [-0.4, -0.2) is 63.9 Å². The minimum Gasteiger partial charge on any atom is -0.478 e. The van der Waals surface area contributed by atoms with E-state index in [9.17, 15) is 9.59 Å². The number of carboxylic acids is 2. The van der Waals surface area contributed by atoms with Crippen LogP contribution in [0.2, 0.25) is 0 Å². The van der Waals surface area contributed by atoms with Gasteiger partial charge in [-0.25, -0.2) is 9.59 Å². The van der Waals surface area contributed by atoms with Crippen LogP contribution in [0, 0.1) is 0 Å². The third-order valence-corrected chi connectivity index (χ3v) is 4.56. The summed E-state index contributed by atoms with van der Waals surface area (Å²) in [6.07, 6.45) is 3.48. The summed E-state index contributed by atoms with van der Waals surface area (Å²) >= 11 is 0. The SMILES string of the molecule is C[N+]1=Cc2cc(C(=O)O)ccc2OC12Oc1ccc(C(=O)O)cc1C=[N+]2C. The molecule has 2 aliphatic heterocycles. The zero-order valence-corrected chi connectivity index (χ0v) is 14.5. The number of carbonyl (C=O) groups is 2. The zero-order valence-electron chi connectivity index (χ0n) is 14.5. The van der Waals surface area contributed by atoms with Crippen LogP contribution in [0.1, 0.15) is 31.8 Å². The summed E-state index contributed by atoms with van der Waals surface area (Å²) in [6.45, 7) is 0. The highest BCUT2D eigenvalue weighted by atomic mass is 16.7. The van der Waals surface area contributed by atoms with E-state index in [4.69, 9.17) is 19.7 Å². The Bertz CT molecular complexity index is 984. The predicted octanol–water partition coefficient (Wildman–Crippen LogP) is 1.30. The maximum absolute atomic E-state index is 11.2. The molecule has 4 rings (SSSR count). The van der Waals surface area contributed by atoms with Crippen molar-refractivity contribution in [3.63, 3.8) is 0 Å². The van der Waals surface area contributed by atoms with Crippen LogP contribution in [0.15, 0.2) is 36.4 Å². The van der Waals surface area contributed by atoms with Gasteiger partial charge in [0.15, 0.2) is 23.9 Å². The quantitative estimate of drug-likeness (QED) is 0.776. The normalized spacial score (nSPS) is 16.2. The van der Waals surface area contributed by atoms with E-state index in [0.29, 0.717) is 22.6 Å². The largest absolute Gasteiger partial charge is 0.703 e. The van der Waals surface area contributed by atoms with Gasteiger partial charge in [-0.1, -0.05) is 9.15 Å². The van der Waals surface area contributed by atoms with Crippen LogP contribution in [0.4, 0.5) is 0 Å². The van der Waals surface area contributed by atoms with Crippen LogP contribution in [0.25, 0.3) is 0 Å². The molecule has 27 heavy (non-hydrogen) atoms. The Morgan fingerprint density at radius 1 is 0.815 bits per heavy atom. The van der Waals surface area contributed by atoms with Crippen molar-refractivity contribution in [3.05, 3.63) is 58.7 Å². The van der Waals surface area contributed by atoms with Crippen LogP contribution >= 0.6 is 0 Å². The molecule has 2 aliphatic rings. The molecule has 0 aromatic heterocycles. The highest BCUT2D eigenvalue weighted by Crippen LogP contribution is 2.34. The van der Waals surface area contributed by atoms with Crippen molar-refractivity contribution in [1.29, 1.82) is 0 Å². The third kappa shape index (κ3) is 2.53. The highest BCUT2D eigenvalue weighted by molar-refractivity contribution is 5.93. The van der Waals surface area contributed by atoms with Crippen LogP contribution in [0.5, 0.6) is 11.5 Å². The van der Waals surface area contributed by atoms with E-state index in [1.165, 1.54) is 24.3 Å². The van der Waals surface area contributed by atoms with Gasteiger partial charge in [0.2, 0.25) is 0 Å². The van der Waals surface area contributed by atoms with Crippen LogP contribution in [0.3, 0.4) is 0 Å². The number of benzene rings is 2. The molecule has 8 nitrogen and oxygen atoms in total. The average Bonchev–Trinajstić information content (AvgIpc) is 2.62. The Morgan fingerprint density at radius 2 is 1.22 bits per heavy atom. The average molecular weight is 368 g/mol. The maximum atomic E-state index is 11.2. The Balaban J connectivity index is 1.79. The molecule has 0 bridgehead atoms. The lowest BCUT2D eigenvalue weighted by Gasteiger charge is -2.29. The molecule has 2 N–H and O–H groups in total. The van der Waals surface area contributed by atoms with Gasteiger partial charge in [-0.2, -0.15) is 0 Å². The third-order valence-electron chi connectivity index (χ3n) is 4.56. The van der Waals surface area contributed by atoms with Gasteiger partial charge in [0.25, 0.3) is 0 Å². The lowest BCUT2D eigenvalue weighted by atomic mass is 10.1. The summed E-state index contributed by atoms with van der Waals surface area (Å²) < 4.78 is 15.6. The fourth-order valence-corrected chi connectivity index (χ4v) is 3.18. The number of aromatic carboxylic acids is 2. The van der Waals surface area contributed by atoms with Gasteiger partial charge in [0, 0.05) is 0 Å². The highest BCUT2D eigenvalue weighted by Gasteiger charge is 2.61. The Labute approximate surface area is 153 Å². The van der Waals surface area contributed by atoms with Crippen LogP contribution in [-0.2, 0) is 0 Å². The number of rotatable bonds is 2. The maximum Gasteiger partial charge on any atom is 0.703 e.